The lowest BCUT2D eigenvalue weighted by Gasteiger charge is -2.42. The van der Waals surface area contributed by atoms with Gasteiger partial charge in [-0.2, -0.15) is 4.31 Å². The monoisotopic (exact) mass is 316 g/mol. The highest BCUT2D eigenvalue weighted by Crippen LogP contribution is 2.33. The largest absolute Gasteiger partial charge is 0.360 e. The molecule has 3 rings (SSSR count). The van der Waals surface area contributed by atoms with Crippen molar-refractivity contribution >= 4 is 10.0 Å². The van der Waals surface area contributed by atoms with E-state index < -0.39 is 15.8 Å². The SMILES string of the molecule is Cc1noc(C)c1S(=O)(=O)N1CCC2(CC1)OCCCO2. The molecule has 0 radical (unpaired) electrons. The summed E-state index contributed by atoms with van der Waals surface area (Å²) in [6.07, 6.45) is 1.99. The fourth-order valence-electron chi connectivity index (χ4n) is 2.94. The fraction of sp³-hybridized carbons (Fsp3) is 0.769. The number of aromatic nitrogens is 1. The van der Waals surface area contributed by atoms with Crippen LogP contribution in [-0.4, -0.2) is 50.0 Å². The van der Waals surface area contributed by atoms with Crippen molar-refractivity contribution in [3.8, 4) is 0 Å². The Morgan fingerprint density at radius 2 is 1.76 bits per heavy atom. The van der Waals surface area contributed by atoms with Gasteiger partial charge in [-0.1, -0.05) is 5.16 Å². The molecular weight excluding hydrogens is 296 g/mol. The molecule has 1 spiro atoms. The minimum atomic E-state index is -3.57. The molecule has 0 N–H and O–H groups in total. The minimum absolute atomic E-state index is 0.184. The Kier molecular flexibility index (Phi) is 3.81. The molecule has 8 heteroatoms. The van der Waals surface area contributed by atoms with E-state index in [4.69, 9.17) is 14.0 Å². The summed E-state index contributed by atoms with van der Waals surface area (Å²) in [4.78, 5) is 0.184. The van der Waals surface area contributed by atoms with E-state index >= 15 is 0 Å². The van der Waals surface area contributed by atoms with E-state index in [1.54, 1.807) is 13.8 Å². The van der Waals surface area contributed by atoms with Crippen molar-refractivity contribution in [2.75, 3.05) is 26.3 Å². The van der Waals surface area contributed by atoms with Gasteiger partial charge in [0.15, 0.2) is 11.5 Å². The van der Waals surface area contributed by atoms with Crippen molar-refractivity contribution in [3.63, 3.8) is 0 Å². The highest BCUT2D eigenvalue weighted by Gasteiger charge is 2.42. The molecule has 21 heavy (non-hydrogen) atoms. The fourth-order valence-corrected chi connectivity index (χ4v) is 4.68. The maximum absolute atomic E-state index is 12.7. The molecule has 0 amide bonds. The number of piperidine rings is 1. The number of hydrogen-bond donors (Lipinski definition) is 0. The Hall–Kier alpha value is -0.960. The van der Waals surface area contributed by atoms with Gasteiger partial charge in [-0.3, -0.25) is 0 Å². The Labute approximate surface area is 124 Å². The van der Waals surface area contributed by atoms with Crippen molar-refractivity contribution in [3.05, 3.63) is 11.5 Å². The van der Waals surface area contributed by atoms with E-state index in [2.05, 4.69) is 5.16 Å². The third-order valence-corrected chi connectivity index (χ3v) is 6.21. The molecule has 2 aliphatic heterocycles. The second-order valence-corrected chi connectivity index (χ2v) is 7.39. The zero-order chi connectivity index (χ0) is 15.1. The van der Waals surface area contributed by atoms with Crippen LogP contribution in [0.15, 0.2) is 9.42 Å². The maximum Gasteiger partial charge on any atom is 0.248 e. The van der Waals surface area contributed by atoms with Crippen molar-refractivity contribution in [2.24, 2.45) is 0 Å². The number of aryl methyl sites for hydroxylation is 2. The van der Waals surface area contributed by atoms with E-state index in [9.17, 15) is 8.42 Å². The first-order chi connectivity index (χ1) is 9.95. The van der Waals surface area contributed by atoms with Gasteiger partial charge in [0, 0.05) is 25.9 Å². The van der Waals surface area contributed by atoms with Crippen LogP contribution in [0.2, 0.25) is 0 Å². The Morgan fingerprint density at radius 1 is 1.14 bits per heavy atom. The van der Waals surface area contributed by atoms with Gasteiger partial charge in [0.2, 0.25) is 10.0 Å². The van der Waals surface area contributed by atoms with E-state index in [1.807, 2.05) is 0 Å². The van der Waals surface area contributed by atoms with Crippen LogP contribution >= 0.6 is 0 Å². The molecule has 2 saturated heterocycles. The summed E-state index contributed by atoms with van der Waals surface area (Å²) in [6, 6.07) is 0. The third kappa shape index (κ3) is 2.61. The molecule has 1 aromatic rings. The lowest BCUT2D eigenvalue weighted by Crippen LogP contribution is -2.51. The summed E-state index contributed by atoms with van der Waals surface area (Å²) < 4.78 is 43.3. The zero-order valence-electron chi connectivity index (χ0n) is 12.3. The van der Waals surface area contributed by atoms with Gasteiger partial charge in [-0.05, 0) is 20.3 Å². The normalized spacial score (nSPS) is 23.5. The predicted molar refractivity (Wildman–Crippen MR) is 73.2 cm³/mol. The molecule has 0 bridgehead atoms. The summed E-state index contributed by atoms with van der Waals surface area (Å²) in [7, 11) is -3.57. The molecule has 2 aliphatic rings. The minimum Gasteiger partial charge on any atom is -0.360 e. The maximum atomic E-state index is 12.7. The molecular formula is C13H20N2O5S. The van der Waals surface area contributed by atoms with Crippen LogP contribution in [-0.2, 0) is 19.5 Å². The summed E-state index contributed by atoms with van der Waals surface area (Å²) in [5, 5.41) is 3.73. The van der Waals surface area contributed by atoms with Gasteiger partial charge in [0.05, 0.1) is 13.2 Å². The summed E-state index contributed by atoms with van der Waals surface area (Å²) in [5.74, 6) is -0.263. The van der Waals surface area contributed by atoms with Crippen LogP contribution in [0.3, 0.4) is 0 Å². The van der Waals surface area contributed by atoms with Crippen LogP contribution in [0, 0.1) is 13.8 Å². The van der Waals surface area contributed by atoms with Crippen LogP contribution in [0.4, 0.5) is 0 Å². The van der Waals surface area contributed by atoms with Gasteiger partial charge >= 0.3 is 0 Å². The van der Waals surface area contributed by atoms with Gasteiger partial charge in [0.1, 0.15) is 10.6 Å². The van der Waals surface area contributed by atoms with E-state index in [0.717, 1.165) is 6.42 Å². The number of ether oxygens (including phenoxy) is 2. The van der Waals surface area contributed by atoms with Gasteiger partial charge < -0.3 is 14.0 Å². The van der Waals surface area contributed by atoms with E-state index in [-0.39, 0.29) is 4.90 Å². The molecule has 118 valence electrons. The number of rotatable bonds is 2. The topological polar surface area (TPSA) is 81.9 Å². The van der Waals surface area contributed by atoms with Crippen molar-refractivity contribution in [1.82, 2.24) is 9.46 Å². The number of sulfonamides is 1. The average Bonchev–Trinajstić information content (AvgIpc) is 2.80. The molecule has 2 fully saturated rings. The lowest BCUT2D eigenvalue weighted by molar-refractivity contribution is -0.280. The second-order valence-electron chi connectivity index (χ2n) is 5.52. The number of hydrogen-bond acceptors (Lipinski definition) is 6. The van der Waals surface area contributed by atoms with Crippen molar-refractivity contribution in [1.29, 1.82) is 0 Å². The first kappa shape index (κ1) is 15.0. The Bertz CT molecular complexity index is 589. The average molecular weight is 316 g/mol. The zero-order valence-corrected chi connectivity index (χ0v) is 13.1. The third-order valence-electron chi connectivity index (χ3n) is 4.07. The predicted octanol–water partition coefficient (Wildman–Crippen LogP) is 1.21. The van der Waals surface area contributed by atoms with Crippen LogP contribution < -0.4 is 0 Å². The number of nitrogens with zero attached hydrogens (tertiary/aromatic N) is 2. The molecule has 0 atom stereocenters. The van der Waals surface area contributed by atoms with E-state index in [0.29, 0.717) is 50.6 Å². The highest BCUT2D eigenvalue weighted by atomic mass is 32.2. The molecule has 3 heterocycles. The van der Waals surface area contributed by atoms with E-state index in [1.165, 1.54) is 4.31 Å². The van der Waals surface area contributed by atoms with Crippen LogP contribution in [0.25, 0.3) is 0 Å². The molecule has 0 aromatic carbocycles. The molecule has 0 saturated carbocycles. The van der Waals surface area contributed by atoms with Gasteiger partial charge in [0.25, 0.3) is 0 Å². The summed E-state index contributed by atoms with van der Waals surface area (Å²) in [5.41, 5.74) is 0.401. The van der Waals surface area contributed by atoms with Crippen LogP contribution in [0.5, 0.6) is 0 Å². The second kappa shape index (κ2) is 5.35. The standard InChI is InChI=1S/C13H20N2O5S/c1-10-12(11(2)20-14-10)21(16,17)15-6-4-13(5-7-15)18-8-3-9-19-13/h3-9H2,1-2H3. The molecule has 0 unspecified atom stereocenters. The van der Waals surface area contributed by atoms with Crippen molar-refractivity contribution in [2.45, 2.75) is 43.8 Å². The summed E-state index contributed by atoms with van der Waals surface area (Å²) >= 11 is 0. The van der Waals surface area contributed by atoms with Crippen LogP contribution in [0.1, 0.15) is 30.7 Å². The molecule has 7 nitrogen and oxygen atoms in total. The Balaban J connectivity index is 1.77. The van der Waals surface area contributed by atoms with Gasteiger partial charge in [-0.15, -0.1) is 0 Å². The first-order valence-corrected chi connectivity index (χ1v) is 8.60. The molecule has 0 aliphatic carbocycles. The highest BCUT2D eigenvalue weighted by molar-refractivity contribution is 7.89. The Morgan fingerprint density at radius 3 is 2.29 bits per heavy atom. The van der Waals surface area contributed by atoms with Crippen molar-refractivity contribution < 1.29 is 22.4 Å². The lowest BCUT2D eigenvalue weighted by atomic mass is 10.0. The molecule has 1 aromatic heterocycles. The first-order valence-electron chi connectivity index (χ1n) is 7.16. The summed E-state index contributed by atoms with van der Waals surface area (Å²) in [6.45, 7) is 5.37. The van der Waals surface area contributed by atoms with Gasteiger partial charge in [-0.25, -0.2) is 8.42 Å². The smallest absolute Gasteiger partial charge is 0.248 e. The quantitative estimate of drug-likeness (QED) is 0.815.